The number of hydrogen-bond donors (Lipinski definition) is 1. The van der Waals surface area contributed by atoms with Gasteiger partial charge in [-0.3, -0.25) is 9.59 Å². The fraction of sp³-hybridized carbons (Fsp3) is 0.875. The zero-order chi connectivity index (χ0) is 18.8. The predicted molar refractivity (Wildman–Crippen MR) is 88.1 cm³/mol. The summed E-state index contributed by atoms with van der Waals surface area (Å²) in [6.45, 7) is 10.5. The molecule has 0 aromatic carbocycles. The summed E-state index contributed by atoms with van der Waals surface area (Å²) in [6, 6.07) is 0. The Morgan fingerprint density at radius 1 is 1.29 bits per heavy atom. The summed E-state index contributed by atoms with van der Waals surface area (Å²) >= 11 is 0. The molecule has 1 aliphatic carbocycles. The maximum absolute atomic E-state index is 12.2. The number of hydrogen-bond acceptors (Lipinski definition) is 3. The van der Waals surface area contributed by atoms with E-state index in [9.17, 15) is 22.8 Å². The van der Waals surface area contributed by atoms with Gasteiger partial charge >= 0.3 is 12.1 Å². The van der Waals surface area contributed by atoms with Gasteiger partial charge in [-0.25, -0.2) is 0 Å². The molecule has 0 heterocycles. The average Bonchev–Trinajstić information content (AvgIpc) is 2.39. The number of carbonyl (C=O) groups is 2. The van der Waals surface area contributed by atoms with Crippen LogP contribution in [0.3, 0.4) is 0 Å². The van der Waals surface area contributed by atoms with Crippen LogP contribution in [-0.2, 0) is 14.0 Å². The molecular weight excluding hydrogens is 339 g/mol. The topological polar surface area (TPSA) is 55.4 Å². The Bertz CT molecular complexity index is 472. The molecule has 1 unspecified atom stereocenters. The summed E-state index contributed by atoms with van der Waals surface area (Å²) < 4.78 is 42.8. The Morgan fingerprint density at radius 2 is 1.88 bits per heavy atom. The van der Waals surface area contributed by atoms with Crippen molar-refractivity contribution >= 4 is 20.0 Å². The second kappa shape index (κ2) is 7.55. The molecule has 140 valence electrons. The summed E-state index contributed by atoms with van der Waals surface area (Å²) in [6.07, 6.45) is -3.13. The Balaban J connectivity index is 2.54. The van der Waals surface area contributed by atoms with Crippen LogP contribution in [0.5, 0.6) is 0 Å². The number of alkyl halides is 3. The van der Waals surface area contributed by atoms with Gasteiger partial charge < -0.3 is 9.74 Å². The lowest BCUT2D eigenvalue weighted by molar-refractivity contribution is -0.173. The van der Waals surface area contributed by atoms with Crippen LogP contribution in [0.15, 0.2) is 0 Å². The fourth-order valence-electron chi connectivity index (χ4n) is 2.51. The summed E-state index contributed by atoms with van der Waals surface area (Å²) in [7, 11) is -1.95. The van der Waals surface area contributed by atoms with Gasteiger partial charge in [0.25, 0.3) is 0 Å². The van der Waals surface area contributed by atoms with E-state index in [1.165, 1.54) is 0 Å². The first kappa shape index (κ1) is 21.2. The van der Waals surface area contributed by atoms with Crippen molar-refractivity contribution in [2.75, 3.05) is 6.54 Å². The van der Waals surface area contributed by atoms with Gasteiger partial charge in [-0.1, -0.05) is 20.8 Å². The lowest BCUT2D eigenvalue weighted by atomic mass is 9.84. The third kappa shape index (κ3) is 5.88. The zero-order valence-corrected chi connectivity index (χ0v) is 16.0. The Morgan fingerprint density at radius 3 is 2.38 bits per heavy atom. The minimum absolute atomic E-state index is 0.0353. The molecule has 0 saturated heterocycles. The van der Waals surface area contributed by atoms with Crippen LogP contribution < -0.4 is 5.32 Å². The summed E-state index contributed by atoms with van der Waals surface area (Å²) in [5.74, 6) is -2.26. The van der Waals surface area contributed by atoms with Crippen molar-refractivity contribution in [2.24, 2.45) is 5.92 Å². The van der Waals surface area contributed by atoms with Gasteiger partial charge in [0.05, 0.1) is 0 Å². The molecule has 1 amide bonds. The van der Waals surface area contributed by atoms with Crippen LogP contribution in [0.25, 0.3) is 0 Å². The van der Waals surface area contributed by atoms with E-state index >= 15 is 0 Å². The first-order valence-corrected chi connectivity index (χ1v) is 11.2. The van der Waals surface area contributed by atoms with E-state index in [-0.39, 0.29) is 35.8 Å². The molecule has 1 rings (SSSR count). The molecule has 0 aliphatic heterocycles. The molecule has 8 heteroatoms. The minimum Gasteiger partial charge on any atom is -0.414 e. The highest BCUT2D eigenvalue weighted by molar-refractivity contribution is 6.74. The summed E-state index contributed by atoms with van der Waals surface area (Å²) in [5.41, 5.74) is 0. The Labute approximate surface area is 142 Å². The summed E-state index contributed by atoms with van der Waals surface area (Å²) in [4.78, 5) is 22.8. The molecule has 1 fully saturated rings. The zero-order valence-electron chi connectivity index (χ0n) is 15.0. The number of rotatable bonds is 5. The first-order chi connectivity index (χ1) is 10.7. The normalized spacial score (nSPS) is 23.2. The van der Waals surface area contributed by atoms with Crippen LogP contribution in [0.4, 0.5) is 13.2 Å². The van der Waals surface area contributed by atoms with Gasteiger partial charge in [-0.2, -0.15) is 13.2 Å². The molecule has 1 saturated carbocycles. The van der Waals surface area contributed by atoms with Crippen molar-refractivity contribution in [3.8, 4) is 0 Å². The summed E-state index contributed by atoms with van der Waals surface area (Å²) in [5, 5.41) is 1.89. The molecule has 24 heavy (non-hydrogen) atoms. The van der Waals surface area contributed by atoms with E-state index in [1.807, 2.05) is 5.32 Å². The van der Waals surface area contributed by atoms with E-state index < -0.39 is 20.4 Å². The SMILES string of the molecule is CC(C)(C)[Si](C)(C)OC1CCC(=O)[C@H](CCNC(=O)C(F)(F)F)C1. The number of ketones is 1. The Hall–Kier alpha value is -0.893. The second-order valence-electron chi connectivity index (χ2n) is 7.98. The molecular formula is C16H28F3NO3Si. The van der Waals surface area contributed by atoms with Crippen LogP contribution in [-0.4, -0.2) is 38.8 Å². The van der Waals surface area contributed by atoms with E-state index in [2.05, 4.69) is 33.9 Å². The number of Topliss-reactive ketones (excluding diaryl/α,β-unsaturated/α-hetero) is 1. The molecule has 2 atom stereocenters. The third-order valence-electron chi connectivity index (χ3n) is 5.02. The number of carbonyl (C=O) groups excluding carboxylic acids is 2. The molecule has 0 aromatic heterocycles. The number of halogens is 3. The molecule has 1 aliphatic rings. The molecule has 4 nitrogen and oxygen atoms in total. The second-order valence-corrected chi connectivity index (χ2v) is 12.7. The maximum atomic E-state index is 12.2. The molecule has 1 N–H and O–H groups in total. The van der Waals surface area contributed by atoms with Crippen LogP contribution in [0, 0.1) is 5.92 Å². The number of amides is 1. The molecule has 0 spiro atoms. The van der Waals surface area contributed by atoms with Gasteiger partial charge in [0.2, 0.25) is 0 Å². The van der Waals surface area contributed by atoms with Crippen molar-refractivity contribution in [3.63, 3.8) is 0 Å². The van der Waals surface area contributed by atoms with Crippen LogP contribution in [0.2, 0.25) is 18.1 Å². The first-order valence-electron chi connectivity index (χ1n) is 8.29. The van der Waals surface area contributed by atoms with Crippen LogP contribution >= 0.6 is 0 Å². The monoisotopic (exact) mass is 367 g/mol. The van der Waals surface area contributed by atoms with Crippen LogP contribution in [0.1, 0.15) is 46.5 Å². The lowest BCUT2D eigenvalue weighted by Gasteiger charge is -2.41. The highest BCUT2D eigenvalue weighted by Gasteiger charge is 2.41. The van der Waals surface area contributed by atoms with E-state index in [0.717, 1.165) is 0 Å². The maximum Gasteiger partial charge on any atom is 0.471 e. The van der Waals surface area contributed by atoms with Crippen molar-refractivity contribution in [1.29, 1.82) is 0 Å². The standard InChI is InChI=1S/C16H28F3NO3Si/c1-15(2,3)24(4,5)23-12-6-7-13(21)11(10-12)8-9-20-14(22)16(17,18)19/h11-12H,6-10H2,1-5H3,(H,20,22)/t11-,12?/m1/s1. The Kier molecular flexibility index (Phi) is 6.66. The van der Waals surface area contributed by atoms with Crippen molar-refractivity contribution in [2.45, 2.75) is 76.9 Å². The fourth-order valence-corrected chi connectivity index (χ4v) is 3.91. The van der Waals surface area contributed by atoms with Crippen molar-refractivity contribution < 1.29 is 27.2 Å². The van der Waals surface area contributed by atoms with Crippen molar-refractivity contribution in [1.82, 2.24) is 5.32 Å². The van der Waals surface area contributed by atoms with E-state index in [1.54, 1.807) is 0 Å². The van der Waals surface area contributed by atoms with Gasteiger partial charge in [-0.05, 0) is 37.4 Å². The van der Waals surface area contributed by atoms with Gasteiger partial charge in [0.1, 0.15) is 5.78 Å². The highest BCUT2D eigenvalue weighted by atomic mass is 28.4. The molecule has 0 radical (unpaired) electrons. The minimum atomic E-state index is -4.88. The molecule has 0 aromatic rings. The number of nitrogens with one attached hydrogen (secondary N) is 1. The smallest absolute Gasteiger partial charge is 0.414 e. The molecule has 0 bridgehead atoms. The highest BCUT2D eigenvalue weighted by Crippen LogP contribution is 2.39. The third-order valence-corrected chi connectivity index (χ3v) is 9.55. The average molecular weight is 367 g/mol. The van der Waals surface area contributed by atoms with E-state index in [0.29, 0.717) is 19.3 Å². The lowest BCUT2D eigenvalue weighted by Crippen LogP contribution is -2.46. The van der Waals surface area contributed by atoms with Crippen molar-refractivity contribution in [3.05, 3.63) is 0 Å². The van der Waals surface area contributed by atoms with E-state index in [4.69, 9.17) is 4.43 Å². The van der Waals surface area contributed by atoms with Gasteiger partial charge in [0.15, 0.2) is 8.32 Å². The van der Waals surface area contributed by atoms with Gasteiger partial charge in [-0.15, -0.1) is 0 Å². The van der Waals surface area contributed by atoms with Gasteiger partial charge in [0, 0.05) is 25.0 Å². The predicted octanol–water partition coefficient (Wildman–Crippen LogP) is 3.81. The largest absolute Gasteiger partial charge is 0.471 e. The quantitative estimate of drug-likeness (QED) is 0.752.